The number of carboxylic acid groups (broad SMARTS) is 1. The van der Waals surface area contributed by atoms with Gasteiger partial charge in [0.25, 0.3) is 5.91 Å². The van der Waals surface area contributed by atoms with Gasteiger partial charge in [-0.15, -0.1) is 0 Å². The van der Waals surface area contributed by atoms with Crippen LogP contribution in [0.1, 0.15) is 23.2 Å². The number of benzene rings is 1. The van der Waals surface area contributed by atoms with Crippen LogP contribution >= 0.6 is 0 Å². The minimum absolute atomic E-state index is 0.00134. The summed E-state index contributed by atoms with van der Waals surface area (Å²) >= 11 is 0. The molecule has 6 heteroatoms. The van der Waals surface area contributed by atoms with Crippen LogP contribution in [0.3, 0.4) is 0 Å². The van der Waals surface area contributed by atoms with Gasteiger partial charge < -0.3 is 14.7 Å². The molecule has 0 spiro atoms. The van der Waals surface area contributed by atoms with Gasteiger partial charge >= 0.3 is 5.97 Å². The average molecular weight is 267 g/mol. The van der Waals surface area contributed by atoms with Crippen LogP contribution in [0.4, 0.5) is 4.39 Å². The zero-order chi connectivity index (χ0) is 13.8. The van der Waals surface area contributed by atoms with Crippen molar-refractivity contribution in [3.63, 3.8) is 0 Å². The second-order valence-electron chi connectivity index (χ2n) is 4.32. The number of hydrogen-bond acceptors (Lipinski definition) is 3. The first-order chi connectivity index (χ1) is 9.08. The standard InChI is InChI=1S/C13H14FNO4/c14-9-3-4-11(10(7-9)13(17)18)19-8-12(16)15-5-1-2-6-15/h3-4,7H,1-2,5-6,8H2,(H,17,18). The normalized spacial score (nSPS) is 14.5. The maximum absolute atomic E-state index is 13.0. The SMILES string of the molecule is O=C(O)c1cc(F)ccc1OCC(=O)N1CCCC1. The molecule has 1 heterocycles. The summed E-state index contributed by atoms with van der Waals surface area (Å²) in [7, 11) is 0. The smallest absolute Gasteiger partial charge is 0.339 e. The Bertz CT molecular complexity index is 497. The molecule has 0 saturated carbocycles. The van der Waals surface area contributed by atoms with Crippen LogP contribution in [0.2, 0.25) is 0 Å². The van der Waals surface area contributed by atoms with Crippen molar-refractivity contribution in [3.05, 3.63) is 29.6 Å². The van der Waals surface area contributed by atoms with Gasteiger partial charge in [0, 0.05) is 13.1 Å². The van der Waals surface area contributed by atoms with Gasteiger partial charge in [0.2, 0.25) is 0 Å². The lowest BCUT2D eigenvalue weighted by Gasteiger charge is -2.16. The molecule has 1 saturated heterocycles. The molecule has 1 aromatic rings. The molecule has 0 radical (unpaired) electrons. The zero-order valence-corrected chi connectivity index (χ0v) is 10.3. The van der Waals surface area contributed by atoms with Gasteiger partial charge in [-0.2, -0.15) is 0 Å². The van der Waals surface area contributed by atoms with Crippen LogP contribution in [0.5, 0.6) is 5.75 Å². The Kier molecular flexibility index (Phi) is 3.99. The molecule has 0 atom stereocenters. The Morgan fingerprint density at radius 2 is 2.00 bits per heavy atom. The second-order valence-corrected chi connectivity index (χ2v) is 4.32. The Hall–Kier alpha value is -2.11. The predicted molar refractivity (Wildman–Crippen MR) is 64.7 cm³/mol. The van der Waals surface area contributed by atoms with Crippen molar-refractivity contribution in [2.45, 2.75) is 12.8 Å². The number of ether oxygens (including phenoxy) is 1. The maximum atomic E-state index is 13.0. The van der Waals surface area contributed by atoms with Crippen LogP contribution in [-0.2, 0) is 4.79 Å². The number of carbonyl (C=O) groups is 2. The third kappa shape index (κ3) is 3.21. The first-order valence-electron chi connectivity index (χ1n) is 6.01. The summed E-state index contributed by atoms with van der Waals surface area (Å²) in [6.07, 6.45) is 1.95. The van der Waals surface area contributed by atoms with Crippen molar-refractivity contribution in [1.29, 1.82) is 0 Å². The number of hydrogen-bond donors (Lipinski definition) is 1. The minimum atomic E-state index is -1.29. The Morgan fingerprint density at radius 3 is 2.63 bits per heavy atom. The minimum Gasteiger partial charge on any atom is -0.483 e. The van der Waals surface area contributed by atoms with Gasteiger partial charge in [-0.25, -0.2) is 9.18 Å². The second kappa shape index (κ2) is 5.69. The summed E-state index contributed by atoms with van der Waals surface area (Å²) in [5, 5.41) is 8.92. The Labute approximate surface area is 109 Å². The monoisotopic (exact) mass is 267 g/mol. The number of rotatable bonds is 4. The molecule has 1 fully saturated rings. The van der Waals surface area contributed by atoms with E-state index in [0.717, 1.165) is 25.0 Å². The lowest BCUT2D eigenvalue weighted by Crippen LogP contribution is -2.32. The van der Waals surface area contributed by atoms with Crippen LogP contribution in [0.15, 0.2) is 18.2 Å². The van der Waals surface area contributed by atoms with Crippen molar-refractivity contribution in [2.75, 3.05) is 19.7 Å². The molecular weight excluding hydrogens is 253 g/mol. The lowest BCUT2D eigenvalue weighted by atomic mass is 10.2. The van der Waals surface area contributed by atoms with E-state index in [-0.39, 0.29) is 23.8 Å². The highest BCUT2D eigenvalue weighted by molar-refractivity contribution is 5.91. The number of amides is 1. The van der Waals surface area contributed by atoms with E-state index in [2.05, 4.69) is 0 Å². The fourth-order valence-corrected chi connectivity index (χ4v) is 1.99. The van der Waals surface area contributed by atoms with E-state index in [1.165, 1.54) is 6.07 Å². The third-order valence-electron chi connectivity index (χ3n) is 2.98. The summed E-state index contributed by atoms with van der Waals surface area (Å²) in [6, 6.07) is 3.19. The Balaban J connectivity index is 2.02. The topological polar surface area (TPSA) is 66.8 Å². The van der Waals surface area contributed by atoms with Crippen LogP contribution in [0.25, 0.3) is 0 Å². The number of carboxylic acids is 1. The first-order valence-corrected chi connectivity index (χ1v) is 6.01. The molecule has 2 rings (SSSR count). The summed E-state index contributed by atoms with van der Waals surface area (Å²) < 4.78 is 18.1. The van der Waals surface area contributed by atoms with Crippen molar-refractivity contribution in [3.8, 4) is 5.75 Å². The highest BCUT2D eigenvalue weighted by atomic mass is 19.1. The highest BCUT2D eigenvalue weighted by Gasteiger charge is 2.19. The van der Waals surface area contributed by atoms with E-state index < -0.39 is 11.8 Å². The fourth-order valence-electron chi connectivity index (χ4n) is 1.99. The van der Waals surface area contributed by atoms with E-state index in [0.29, 0.717) is 13.1 Å². The first kappa shape index (κ1) is 13.3. The van der Waals surface area contributed by atoms with Crippen molar-refractivity contribution in [2.24, 2.45) is 0 Å². The van der Waals surface area contributed by atoms with Gasteiger partial charge in [0.15, 0.2) is 6.61 Å². The van der Waals surface area contributed by atoms with Gasteiger partial charge in [-0.1, -0.05) is 0 Å². The lowest BCUT2D eigenvalue weighted by molar-refractivity contribution is -0.132. The molecule has 5 nitrogen and oxygen atoms in total. The zero-order valence-electron chi connectivity index (χ0n) is 10.3. The molecule has 1 amide bonds. The number of carbonyl (C=O) groups excluding carboxylic acids is 1. The van der Waals surface area contributed by atoms with E-state index in [4.69, 9.17) is 9.84 Å². The Morgan fingerprint density at radius 1 is 1.32 bits per heavy atom. The number of nitrogens with zero attached hydrogens (tertiary/aromatic N) is 1. The average Bonchev–Trinajstić information content (AvgIpc) is 2.90. The van der Waals surface area contributed by atoms with Gasteiger partial charge in [0.1, 0.15) is 17.1 Å². The summed E-state index contributed by atoms with van der Waals surface area (Å²) in [5.74, 6) is -2.13. The molecule has 0 aromatic heterocycles. The summed E-state index contributed by atoms with van der Waals surface area (Å²) in [6.45, 7) is 1.18. The molecular formula is C13H14FNO4. The van der Waals surface area contributed by atoms with E-state index in [1.807, 2.05) is 0 Å². The van der Waals surface area contributed by atoms with Crippen LogP contribution < -0.4 is 4.74 Å². The third-order valence-corrected chi connectivity index (χ3v) is 2.98. The van der Waals surface area contributed by atoms with E-state index >= 15 is 0 Å². The van der Waals surface area contributed by atoms with Crippen molar-refractivity contribution in [1.82, 2.24) is 4.90 Å². The number of likely N-dealkylation sites (tertiary alicyclic amines) is 1. The number of halogens is 1. The van der Waals surface area contributed by atoms with Gasteiger partial charge in [-0.3, -0.25) is 4.79 Å². The molecule has 19 heavy (non-hydrogen) atoms. The van der Waals surface area contributed by atoms with Crippen molar-refractivity contribution >= 4 is 11.9 Å². The molecule has 1 N–H and O–H groups in total. The van der Waals surface area contributed by atoms with Crippen molar-refractivity contribution < 1.29 is 23.8 Å². The quantitative estimate of drug-likeness (QED) is 0.898. The number of aromatic carboxylic acids is 1. The fraction of sp³-hybridized carbons (Fsp3) is 0.385. The molecule has 102 valence electrons. The summed E-state index contributed by atoms with van der Waals surface area (Å²) in [4.78, 5) is 24.3. The molecule has 1 aliphatic heterocycles. The molecule has 1 aromatic carbocycles. The van der Waals surface area contributed by atoms with Gasteiger partial charge in [0.05, 0.1) is 0 Å². The van der Waals surface area contributed by atoms with Crippen LogP contribution in [0, 0.1) is 5.82 Å². The van der Waals surface area contributed by atoms with Gasteiger partial charge in [-0.05, 0) is 31.0 Å². The van der Waals surface area contributed by atoms with E-state index in [1.54, 1.807) is 4.90 Å². The molecule has 0 aliphatic carbocycles. The maximum Gasteiger partial charge on any atom is 0.339 e. The highest BCUT2D eigenvalue weighted by Crippen LogP contribution is 2.20. The molecule has 0 unspecified atom stereocenters. The molecule has 1 aliphatic rings. The molecule has 0 bridgehead atoms. The largest absolute Gasteiger partial charge is 0.483 e. The predicted octanol–water partition coefficient (Wildman–Crippen LogP) is 1.53. The van der Waals surface area contributed by atoms with E-state index in [9.17, 15) is 14.0 Å². The van der Waals surface area contributed by atoms with Crippen LogP contribution in [-0.4, -0.2) is 41.6 Å². The summed E-state index contributed by atoms with van der Waals surface area (Å²) in [5.41, 5.74) is -0.283.